The van der Waals surface area contributed by atoms with Crippen molar-refractivity contribution in [3.8, 4) is 0 Å². The van der Waals surface area contributed by atoms with E-state index in [9.17, 15) is 4.79 Å². The quantitative estimate of drug-likeness (QED) is 0.721. The zero-order valence-corrected chi connectivity index (χ0v) is 15.5. The molecular weight excluding hydrogens is 328 g/mol. The van der Waals surface area contributed by atoms with Gasteiger partial charge in [0.05, 0.1) is 17.4 Å². The zero-order valence-electron chi connectivity index (χ0n) is 15.5. The van der Waals surface area contributed by atoms with Gasteiger partial charge in [0, 0.05) is 43.7 Å². The number of benzene rings is 1. The number of hydrogen-bond acceptors (Lipinski definition) is 5. The van der Waals surface area contributed by atoms with Gasteiger partial charge in [-0.05, 0) is 31.2 Å². The second kappa shape index (κ2) is 6.64. The van der Waals surface area contributed by atoms with Crippen molar-refractivity contribution < 1.29 is 4.79 Å². The third-order valence-electron chi connectivity index (χ3n) is 4.92. The SMILES string of the molecule is CC(C)Cn1cnc2nnc3ccc(C(=O)N4CCN(C)CC4)cc3c21. The maximum Gasteiger partial charge on any atom is 0.253 e. The maximum absolute atomic E-state index is 12.9. The number of aromatic nitrogens is 4. The van der Waals surface area contributed by atoms with Crippen molar-refractivity contribution in [3.63, 3.8) is 0 Å². The van der Waals surface area contributed by atoms with Gasteiger partial charge in [-0.3, -0.25) is 4.79 Å². The van der Waals surface area contributed by atoms with E-state index in [4.69, 9.17) is 0 Å². The topological polar surface area (TPSA) is 67.2 Å². The van der Waals surface area contributed by atoms with Gasteiger partial charge in [0.2, 0.25) is 5.65 Å². The minimum atomic E-state index is 0.0832. The van der Waals surface area contributed by atoms with Gasteiger partial charge in [0.15, 0.2) is 0 Å². The molecule has 0 bridgehead atoms. The number of piperazine rings is 1. The Labute approximate surface area is 152 Å². The second-order valence-corrected chi connectivity index (χ2v) is 7.49. The van der Waals surface area contributed by atoms with E-state index in [1.54, 1.807) is 0 Å². The summed E-state index contributed by atoms with van der Waals surface area (Å²) in [6, 6.07) is 5.69. The van der Waals surface area contributed by atoms with Crippen LogP contribution in [-0.4, -0.2) is 68.7 Å². The monoisotopic (exact) mass is 352 g/mol. The molecule has 2 aromatic heterocycles. The van der Waals surface area contributed by atoms with Crippen LogP contribution in [0.3, 0.4) is 0 Å². The highest BCUT2D eigenvalue weighted by Crippen LogP contribution is 2.24. The number of carbonyl (C=O) groups excluding carboxylic acids is 1. The molecule has 0 aliphatic carbocycles. The van der Waals surface area contributed by atoms with E-state index in [2.05, 4.69) is 45.5 Å². The highest BCUT2D eigenvalue weighted by molar-refractivity contribution is 6.05. The van der Waals surface area contributed by atoms with Crippen LogP contribution in [0.4, 0.5) is 0 Å². The molecule has 1 fully saturated rings. The molecule has 7 heteroatoms. The van der Waals surface area contributed by atoms with E-state index in [1.165, 1.54) is 0 Å². The van der Waals surface area contributed by atoms with E-state index < -0.39 is 0 Å². The summed E-state index contributed by atoms with van der Waals surface area (Å²) in [6.07, 6.45) is 1.81. The Bertz CT molecular complexity index is 955. The molecule has 1 aliphatic rings. The van der Waals surface area contributed by atoms with Crippen molar-refractivity contribution in [3.05, 3.63) is 30.1 Å². The normalized spacial score (nSPS) is 16.1. The van der Waals surface area contributed by atoms with Crippen molar-refractivity contribution in [1.82, 2.24) is 29.5 Å². The Morgan fingerprint density at radius 2 is 1.92 bits per heavy atom. The first-order chi connectivity index (χ1) is 12.5. The van der Waals surface area contributed by atoms with Gasteiger partial charge in [-0.15, -0.1) is 10.2 Å². The third kappa shape index (κ3) is 3.03. The number of carbonyl (C=O) groups is 1. The summed E-state index contributed by atoms with van der Waals surface area (Å²) in [5, 5.41) is 9.43. The van der Waals surface area contributed by atoms with Gasteiger partial charge in [-0.1, -0.05) is 13.8 Å². The fourth-order valence-corrected chi connectivity index (χ4v) is 3.49. The average molecular weight is 352 g/mol. The molecule has 26 heavy (non-hydrogen) atoms. The predicted molar refractivity (Wildman–Crippen MR) is 101 cm³/mol. The Hall–Kier alpha value is -2.54. The van der Waals surface area contributed by atoms with Gasteiger partial charge in [-0.25, -0.2) is 4.98 Å². The van der Waals surface area contributed by atoms with Crippen LogP contribution < -0.4 is 0 Å². The standard InChI is InChI=1S/C19H24N6O/c1-13(2)11-25-12-20-18-17(25)15-10-14(4-5-16(15)21-22-18)19(26)24-8-6-23(3)7-9-24/h4-5,10,12-13H,6-9,11H2,1-3H3. The van der Waals surface area contributed by atoms with Crippen molar-refractivity contribution >= 4 is 28.0 Å². The molecule has 4 rings (SSSR count). The fourth-order valence-electron chi connectivity index (χ4n) is 3.49. The number of rotatable bonds is 3. The molecule has 1 aromatic carbocycles. The molecule has 0 N–H and O–H groups in total. The van der Waals surface area contributed by atoms with Gasteiger partial charge in [0.1, 0.15) is 0 Å². The molecule has 3 heterocycles. The van der Waals surface area contributed by atoms with Crippen LogP contribution in [0.1, 0.15) is 24.2 Å². The molecule has 0 radical (unpaired) electrons. The number of amides is 1. The molecule has 3 aromatic rings. The lowest BCUT2D eigenvalue weighted by molar-refractivity contribution is 0.0664. The first-order valence-electron chi connectivity index (χ1n) is 9.12. The molecule has 0 atom stereocenters. The number of fused-ring (bicyclic) bond motifs is 3. The summed E-state index contributed by atoms with van der Waals surface area (Å²) >= 11 is 0. The van der Waals surface area contributed by atoms with E-state index in [-0.39, 0.29) is 5.91 Å². The summed E-state index contributed by atoms with van der Waals surface area (Å²) in [7, 11) is 2.09. The number of likely N-dealkylation sites (N-methyl/N-ethyl adjacent to an activating group) is 1. The van der Waals surface area contributed by atoms with Gasteiger partial charge in [0.25, 0.3) is 5.91 Å². The fraction of sp³-hybridized carbons (Fsp3) is 0.474. The summed E-state index contributed by atoms with van der Waals surface area (Å²) in [6.45, 7) is 8.56. The predicted octanol–water partition coefficient (Wildman–Crippen LogP) is 2.02. The first kappa shape index (κ1) is 16.9. The van der Waals surface area contributed by atoms with Crippen LogP contribution in [0, 0.1) is 5.92 Å². The first-order valence-corrected chi connectivity index (χ1v) is 9.12. The van der Waals surface area contributed by atoms with E-state index in [0.29, 0.717) is 17.1 Å². The lowest BCUT2D eigenvalue weighted by Crippen LogP contribution is -2.47. The maximum atomic E-state index is 12.9. The number of nitrogens with zero attached hydrogens (tertiary/aromatic N) is 6. The largest absolute Gasteiger partial charge is 0.336 e. The van der Waals surface area contributed by atoms with E-state index >= 15 is 0 Å². The third-order valence-corrected chi connectivity index (χ3v) is 4.92. The lowest BCUT2D eigenvalue weighted by Gasteiger charge is -2.32. The van der Waals surface area contributed by atoms with Crippen LogP contribution in [0.2, 0.25) is 0 Å². The minimum absolute atomic E-state index is 0.0832. The van der Waals surface area contributed by atoms with Crippen molar-refractivity contribution in [2.24, 2.45) is 5.92 Å². The van der Waals surface area contributed by atoms with Gasteiger partial charge < -0.3 is 14.4 Å². The minimum Gasteiger partial charge on any atom is -0.336 e. The summed E-state index contributed by atoms with van der Waals surface area (Å²) in [5.41, 5.74) is 3.07. The summed E-state index contributed by atoms with van der Waals surface area (Å²) in [5.74, 6) is 0.575. The van der Waals surface area contributed by atoms with Crippen molar-refractivity contribution in [2.75, 3.05) is 33.2 Å². The number of hydrogen-bond donors (Lipinski definition) is 0. The van der Waals surface area contributed by atoms with Crippen LogP contribution in [0.25, 0.3) is 22.1 Å². The Balaban J connectivity index is 1.76. The smallest absolute Gasteiger partial charge is 0.253 e. The highest BCUT2D eigenvalue weighted by atomic mass is 16.2. The van der Waals surface area contributed by atoms with Crippen LogP contribution in [-0.2, 0) is 6.54 Å². The van der Waals surface area contributed by atoms with Crippen LogP contribution in [0.5, 0.6) is 0 Å². The Morgan fingerprint density at radius 1 is 1.15 bits per heavy atom. The molecule has 0 unspecified atom stereocenters. The Morgan fingerprint density at radius 3 is 2.65 bits per heavy atom. The molecule has 1 saturated heterocycles. The molecule has 1 aliphatic heterocycles. The molecular formula is C19H24N6O. The van der Waals surface area contributed by atoms with Crippen LogP contribution in [0.15, 0.2) is 24.5 Å². The second-order valence-electron chi connectivity index (χ2n) is 7.49. The summed E-state index contributed by atoms with van der Waals surface area (Å²) < 4.78 is 2.11. The van der Waals surface area contributed by atoms with E-state index in [1.807, 2.05) is 29.4 Å². The number of imidazole rings is 1. The van der Waals surface area contributed by atoms with Crippen molar-refractivity contribution in [1.29, 1.82) is 0 Å². The van der Waals surface area contributed by atoms with Crippen molar-refractivity contribution in [2.45, 2.75) is 20.4 Å². The summed E-state index contributed by atoms with van der Waals surface area (Å²) in [4.78, 5) is 21.5. The lowest BCUT2D eigenvalue weighted by atomic mass is 10.1. The molecule has 0 spiro atoms. The Kier molecular flexibility index (Phi) is 4.32. The van der Waals surface area contributed by atoms with E-state index in [0.717, 1.165) is 49.1 Å². The zero-order chi connectivity index (χ0) is 18.3. The molecule has 1 amide bonds. The average Bonchev–Trinajstić information content (AvgIpc) is 3.04. The van der Waals surface area contributed by atoms with Gasteiger partial charge in [-0.2, -0.15) is 0 Å². The molecule has 7 nitrogen and oxygen atoms in total. The highest BCUT2D eigenvalue weighted by Gasteiger charge is 2.21. The molecule has 136 valence electrons. The van der Waals surface area contributed by atoms with Gasteiger partial charge >= 0.3 is 0 Å². The molecule has 0 saturated carbocycles. The van der Waals surface area contributed by atoms with Crippen LogP contribution >= 0.6 is 0 Å².